The maximum Gasteiger partial charge on any atom is 0.294 e. The van der Waals surface area contributed by atoms with Crippen LogP contribution in [0.25, 0.3) is 5.69 Å². The molecular weight excluding hydrogens is 500 g/mol. The van der Waals surface area contributed by atoms with E-state index in [0.717, 1.165) is 36.9 Å². The lowest BCUT2D eigenvalue weighted by Crippen LogP contribution is -2.46. The van der Waals surface area contributed by atoms with Gasteiger partial charge in [0.05, 0.1) is 26.2 Å². The zero-order valence-electron chi connectivity index (χ0n) is 22.0. The first-order valence-corrected chi connectivity index (χ1v) is 12.7. The van der Waals surface area contributed by atoms with Crippen molar-refractivity contribution in [3.05, 3.63) is 78.0 Å². The van der Waals surface area contributed by atoms with Crippen molar-refractivity contribution in [2.24, 2.45) is 0 Å². The van der Waals surface area contributed by atoms with E-state index in [9.17, 15) is 9.59 Å². The number of nitrogens with one attached hydrogen (secondary N) is 1. The number of benzene rings is 2. The Labute approximate surface area is 225 Å². The molecule has 1 aliphatic rings. The van der Waals surface area contributed by atoms with Gasteiger partial charge in [-0.1, -0.05) is 25.0 Å². The average Bonchev–Trinajstić information content (AvgIpc) is 3.75. The van der Waals surface area contributed by atoms with Gasteiger partial charge in [-0.05, 0) is 72.2 Å². The molecule has 2 aromatic carbocycles. The number of carbonyl (C=O) groups excluding carboxylic acids is 2. The second kappa shape index (κ2) is 11.4. The number of amides is 2. The zero-order chi connectivity index (χ0) is 27.4. The summed E-state index contributed by atoms with van der Waals surface area (Å²) in [5, 5.41) is 14.6. The van der Waals surface area contributed by atoms with Crippen molar-refractivity contribution < 1.29 is 23.5 Å². The number of hydrogen-bond donors (Lipinski definition) is 1. The lowest BCUT2D eigenvalue weighted by atomic mass is 9.99. The topological polar surface area (TPSA) is 125 Å². The quantitative estimate of drug-likeness (QED) is 0.344. The summed E-state index contributed by atoms with van der Waals surface area (Å²) in [7, 11) is 3.04. The fraction of sp³-hybridized carbons (Fsp3) is 0.321. The van der Waals surface area contributed by atoms with Crippen molar-refractivity contribution in [2.75, 3.05) is 19.1 Å². The van der Waals surface area contributed by atoms with Gasteiger partial charge >= 0.3 is 0 Å². The molecule has 2 heterocycles. The van der Waals surface area contributed by atoms with Crippen molar-refractivity contribution in [1.29, 1.82) is 0 Å². The van der Waals surface area contributed by atoms with E-state index in [4.69, 9.17) is 13.9 Å². The first kappa shape index (κ1) is 26.0. The van der Waals surface area contributed by atoms with Crippen molar-refractivity contribution in [2.45, 2.75) is 44.7 Å². The van der Waals surface area contributed by atoms with Gasteiger partial charge in [-0.15, -0.1) is 5.10 Å². The molecule has 11 nitrogen and oxygen atoms in total. The van der Waals surface area contributed by atoms with Gasteiger partial charge < -0.3 is 19.2 Å². The van der Waals surface area contributed by atoms with E-state index in [1.165, 1.54) is 36.4 Å². The average molecular weight is 531 g/mol. The number of tetrazole rings is 1. The minimum absolute atomic E-state index is 0.0288. The van der Waals surface area contributed by atoms with Gasteiger partial charge in [0, 0.05) is 17.3 Å². The molecule has 1 aliphatic carbocycles. The molecule has 1 atom stereocenters. The number of hydrogen-bond acceptors (Lipinski definition) is 8. The maximum absolute atomic E-state index is 14.1. The zero-order valence-corrected chi connectivity index (χ0v) is 22.0. The first-order valence-electron chi connectivity index (χ1n) is 12.7. The molecule has 202 valence electrons. The predicted molar refractivity (Wildman–Crippen MR) is 142 cm³/mol. The highest BCUT2D eigenvalue weighted by Crippen LogP contribution is 2.40. The largest absolute Gasteiger partial charge is 0.493 e. The molecule has 2 amide bonds. The van der Waals surface area contributed by atoms with Crippen LogP contribution < -0.4 is 19.7 Å². The molecule has 39 heavy (non-hydrogen) atoms. The van der Waals surface area contributed by atoms with Crippen LogP contribution >= 0.6 is 0 Å². The Morgan fingerprint density at radius 1 is 1.10 bits per heavy atom. The third-order valence-corrected chi connectivity index (χ3v) is 6.94. The normalized spacial score (nSPS) is 14.1. The van der Waals surface area contributed by atoms with Crippen LogP contribution in [0.1, 0.15) is 53.4 Å². The summed E-state index contributed by atoms with van der Waals surface area (Å²) in [4.78, 5) is 29.7. The second-order valence-corrected chi connectivity index (χ2v) is 9.35. The van der Waals surface area contributed by atoms with Gasteiger partial charge in [0.1, 0.15) is 12.4 Å². The summed E-state index contributed by atoms with van der Waals surface area (Å²) < 4.78 is 18.3. The molecule has 0 bridgehead atoms. The molecule has 4 aromatic rings. The number of furan rings is 1. The van der Waals surface area contributed by atoms with Gasteiger partial charge in [0.15, 0.2) is 17.3 Å². The molecule has 1 fully saturated rings. The van der Waals surface area contributed by atoms with Gasteiger partial charge in [0.2, 0.25) is 5.91 Å². The van der Waals surface area contributed by atoms with E-state index >= 15 is 0 Å². The Morgan fingerprint density at radius 3 is 2.56 bits per heavy atom. The van der Waals surface area contributed by atoms with Crippen molar-refractivity contribution in [3.63, 3.8) is 0 Å². The number of nitrogens with zero attached hydrogens (tertiary/aromatic N) is 5. The first-order chi connectivity index (χ1) is 19.0. The summed E-state index contributed by atoms with van der Waals surface area (Å²) in [6.45, 7) is 1.88. The van der Waals surface area contributed by atoms with E-state index in [-0.39, 0.29) is 17.7 Å². The van der Waals surface area contributed by atoms with Gasteiger partial charge in [0.25, 0.3) is 5.91 Å². The summed E-state index contributed by atoms with van der Waals surface area (Å²) >= 11 is 0. The molecule has 0 spiro atoms. The van der Waals surface area contributed by atoms with Crippen LogP contribution in [-0.4, -0.2) is 52.3 Å². The van der Waals surface area contributed by atoms with Crippen LogP contribution in [-0.2, 0) is 4.79 Å². The van der Waals surface area contributed by atoms with E-state index < -0.39 is 11.9 Å². The Bertz CT molecular complexity index is 1430. The summed E-state index contributed by atoms with van der Waals surface area (Å²) in [6.07, 6.45) is 6.79. The monoisotopic (exact) mass is 530 g/mol. The fourth-order valence-corrected chi connectivity index (χ4v) is 5.10. The minimum Gasteiger partial charge on any atom is -0.493 e. The Hall–Kier alpha value is -4.67. The number of methoxy groups -OCH3 is 2. The molecule has 5 rings (SSSR count). The highest BCUT2D eigenvalue weighted by Gasteiger charge is 2.38. The number of anilines is 1. The van der Waals surface area contributed by atoms with Crippen LogP contribution in [0.2, 0.25) is 0 Å². The molecule has 1 N–H and O–H groups in total. The van der Waals surface area contributed by atoms with E-state index in [2.05, 4.69) is 20.8 Å². The number of para-hydroxylation sites is 1. The van der Waals surface area contributed by atoms with E-state index in [1.807, 2.05) is 13.0 Å². The Morgan fingerprint density at radius 2 is 1.92 bits per heavy atom. The lowest BCUT2D eigenvalue weighted by Gasteiger charge is -2.33. The highest BCUT2D eigenvalue weighted by atomic mass is 16.5. The maximum atomic E-state index is 14.1. The third kappa shape index (κ3) is 5.20. The smallest absolute Gasteiger partial charge is 0.294 e. The van der Waals surface area contributed by atoms with Gasteiger partial charge in [-0.3, -0.25) is 14.5 Å². The number of rotatable bonds is 9. The number of ether oxygens (including phenoxy) is 2. The second-order valence-electron chi connectivity index (χ2n) is 9.35. The summed E-state index contributed by atoms with van der Waals surface area (Å²) in [5.74, 6) is 0.106. The molecular formula is C28H30N6O5. The highest BCUT2D eigenvalue weighted by molar-refractivity contribution is 6.09. The van der Waals surface area contributed by atoms with E-state index in [1.54, 1.807) is 42.5 Å². The fourth-order valence-electron chi connectivity index (χ4n) is 5.10. The van der Waals surface area contributed by atoms with Gasteiger partial charge in [-0.25, -0.2) is 4.68 Å². The third-order valence-electron chi connectivity index (χ3n) is 6.94. The van der Waals surface area contributed by atoms with Crippen molar-refractivity contribution in [3.8, 4) is 17.2 Å². The molecule has 1 saturated carbocycles. The molecule has 0 unspecified atom stereocenters. The van der Waals surface area contributed by atoms with E-state index in [0.29, 0.717) is 22.7 Å². The summed E-state index contributed by atoms with van der Waals surface area (Å²) in [5.41, 5.74) is 2.50. The van der Waals surface area contributed by atoms with Crippen LogP contribution in [0.5, 0.6) is 11.5 Å². The lowest BCUT2D eigenvalue weighted by molar-refractivity contribution is -0.123. The van der Waals surface area contributed by atoms with Crippen molar-refractivity contribution >= 4 is 17.5 Å². The van der Waals surface area contributed by atoms with Crippen LogP contribution in [0.4, 0.5) is 5.69 Å². The van der Waals surface area contributed by atoms with Crippen LogP contribution in [0.3, 0.4) is 0 Å². The Balaban J connectivity index is 1.68. The Kier molecular flexibility index (Phi) is 7.57. The summed E-state index contributed by atoms with van der Waals surface area (Å²) in [6, 6.07) is 12.8. The SMILES string of the molecule is COc1cccc([C@@H](C(=O)NC2CCCC2)N(C(=O)c2ccco2)c2ccc(-n3cnnn3)c(C)c2)c1OC. The number of carbonyl (C=O) groups is 2. The molecule has 0 saturated heterocycles. The minimum atomic E-state index is -1.09. The molecule has 11 heteroatoms. The molecule has 0 radical (unpaired) electrons. The standard InChI is InChI=1S/C28H30N6O5/c1-18-16-20(13-14-22(18)33-17-29-31-32-33)34(28(36)24-12-7-15-39-24)25(27(35)30-19-8-4-5-9-19)21-10-6-11-23(37-2)26(21)38-3/h6-7,10-17,19,25H,4-5,8-9H2,1-3H3,(H,30,35)/t25-/m0/s1. The number of aromatic nitrogens is 4. The van der Waals surface area contributed by atoms with Crippen LogP contribution in [0.15, 0.2) is 65.5 Å². The van der Waals surface area contributed by atoms with Gasteiger partial charge in [-0.2, -0.15) is 0 Å². The van der Waals surface area contributed by atoms with Crippen LogP contribution in [0, 0.1) is 6.92 Å². The predicted octanol–water partition coefficient (Wildman–Crippen LogP) is 4.03. The number of aryl methyl sites for hydroxylation is 1. The van der Waals surface area contributed by atoms with Crippen molar-refractivity contribution in [1.82, 2.24) is 25.5 Å². The molecule has 2 aromatic heterocycles. The molecule has 0 aliphatic heterocycles.